The lowest BCUT2D eigenvalue weighted by Gasteiger charge is -2.00. The average molecular weight is 257 g/mol. The predicted octanol–water partition coefficient (Wildman–Crippen LogP) is 1.49. The zero-order chi connectivity index (χ0) is 11.4. The summed E-state index contributed by atoms with van der Waals surface area (Å²) in [6, 6.07) is 3.41. The third-order valence-electron chi connectivity index (χ3n) is 1.91. The van der Waals surface area contributed by atoms with Crippen molar-refractivity contribution in [1.82, 2.24) is 20.5 Å². The number of rotatable bonds is 4. The maximum absolute atomic E-state index is 11.6. The van der Waals surface area contributed by atoms with Crippen molar-refractivity contribution in [3.63, 3.8) is 0 Å². The minimum Gasteiger partial charge on any atom is -0.351 e. The number of hydrogen-bond donors (Lipinski definition) is 2. The number of hydrogen-bond acceptors (Lipinski definition) is 4. The monoisotopic (exact) mass is 256 g/mol. The molecule has 0 atom stereocenters. The van der Waals surface area contributed by atoms with Crippen molar-refractivity contribution in [2.24, 2.45) is 0 Å². The number of carbonyl (C=O) groups excluding carboxylic acids is 1. The van der Waals surface area contributed by atoms with E-state index in [0.29, 0.717) is 22.2 Å². The van der Waals surface area contributed by atoms with Gasteiger partial charge >= 0.3 is 0 Å². The molecule has 1 amide bonds. The molecule has 0 spiro atoms. The Labute approximate surface area is 101 Å². The minimum absolute atomic E-state index is 0.114. The number of amides is 1. The van der Waals surface area contributed by atoms with Crippen LogP contribution in [0.4, 0.5) is 0 Å². The van der Waals surface area contributed by atoms with Gasteiger partial charge in [-0.15, -0.1) is 11.3 Å². The first-order chi connectivity index (χ1) is 7.75. The lowest BCUT2D eigenvalue weighted by molar-refractivity contribution is 0.0958. The number of H-pyrrole nitrogens is 1. The molecule has 0 bridgehead atoms. The van der Waals surface area contributed by atoms with Crippen LogP contribution in [0.15, 0.2) is 18.5 Å². The van der Waals surface area contributed by atoms with Gasteiger partial charge in [0, 0.05) is 13.0 Å². The number of carbonyl (C=O) groups is 1. The van der Waals surface area contributed by atoms with Crippen LogP contribution in [0.25, 0.3) is 0 Å². The molecule has 0 saturated heterocycles. The number of nitrogens with one attached hydrogen (secondary N) is 2. The Morgan fingerprint density at radius 2 is 2.44 bits per heavy atom. The summed E-state index contributed by atoms with van der Waals surface area (Å²) in [5, 5.41) is 9.22. The summed E-state index contributed by atoms with van der Waals surface area (Å²) in [6.45, 7) is 0.517. The molecule has 0 aliphatic carbocycles. The van der Waals surface area contributed by atoms with Gasteiger partial charge in [0.25, 0.3) is 5.91 Å². The summed E-state index contributed by atoms with van der Waals surface area (Å²) in [6.07, 6.45) is 2.07. The normalized spacial score (nSPS) is 10.3. The Bertz CT molecular complexity index is 468. The van der Waals surface area contributed by atoms with Crippen LogP contribution in [0.5, 0.6) is 0 Å². The Kier molecular flexibility index (Phi) is 3.53. The quantitative estimate of drug-likeness (QED) is 0.871. The summed E-state index contributed by atoms with van der Waals surface area (Å²) in [5.41, 5.74) is 0. The molecule has 0 unspecified atom stereocenters. The molecule has 84 valence electrons. The van der Waals surface area contributed by atoms with Gasteiger partial charge in [-0.25, -0.2) is 4.98 Å². The third kappa shape index (κ3) is 2.80. The second kappa shape index (κ2) is 5.09. The first kappa shape index (κ1) is 11.1. The van der Waals surface area contributed by atoms with Crippen molar-refractivity contribution in [3.8, 4) is 0 Å². The third-order valence-corrected chi connectivity index (χ3v) is 3.14. The molecule has 2 aromatic heterocycles. The van der Waals surface area contributed by atoms with E-state index in [1.54, 1.807) is 12.1 Å². The van der Waals surface area contributed by atoms with Gasteiger partial charge in [0.1, 0.15) is 12.2 Å². The van der Waals surface area contributed by atoms with Crippen LogP contribution < -0.4 is 5.32 Å². The van der Waals surface area contributed by atoms with E-state index < -0.39 is 0 Å². The van der Waals surface area contributed by atoms with Gasteiger partial charge in [-0.3, -0.25) is 9.89 Å². The molecule has 0 aliphatic heterocycles. The number of aromatic nitrogens is 3. The zero-order valence-electron chi connectivity index (χ0n) is 8.24. The number of thiophene rings is 1. The molecule has 0 radical (unpaired) electrons. The standard InChI is InChI=1S/C9H9ClN4OS/c10-7-2-1-6(16-7)9(15)11-4-3-8-12-5-13-14-8/h1-2,5H,3-4H2,(H,11,15)(H,12,13,14). The fourth-order valence-electron chi connectivity index (χ4n) is 1.17. The van der Waals surface area contributed by atoms with Gasteiger partial charge in [-0.1, -0.05) is 11.6 Å². The summed E-state index contributed by atoms with van der Waals surface area (Å²) in [4.78, 5) is 16.1. The fourth-order valence-corrected chi connectivity index (χ4v) is 2.13. The Morgan fingerprint density at radius 3 is 3.06 bits per heavy atom. The van der Waals surface area contributed by atoms with E-state index in [2.05, 4.69) is 20.5 Å². The largest absolute Gasteiger partial charge is 0.351 e. The summed E-state index contributed by atoms with van der Waals surface area (Å²) < 4.78 is 0.611. The average Bonchev–Trinajstić information content (AvgIpc) is 2.89. The van der Waals surface area contributed by atoms with Crippen molar-refractivity contribution in [1.29, 1.82) is 0 Å². The minimum atomic E-state index is -0.114. The number of halogens is 1. The smallest absolute Gasteiger partial charge is 0.261 e. The lowest BCUT2D eigenvalue weighted by atomic mass is 10.4. The molecular formula is C9H9ClN4OS. The van der Waals surface area contributed by atoms with E-state index in [9.17, 15) is 4.79 Å². The molecule has 7 heteroatoms. The first-order valence-electron chi connectivity index (χ1n) is 4.63. The molecule has 2 heterocycles. The van der Waals surface area contributed by atoms with Gasteiger partial charge in [-0.05, 0) is 12.1 Å². The fraction of sp³-hybridized carbons (Fsp3) is 0.222. The van der Waals surface area contributed by atoms with Crippen molar-refractivity contribution in [2.75, 3.05) is 6.54 Å². The van der Waals surface area contributed by atoms with Gasteiger partial charge in [0.15, 0.2) is 0 Å². The van der Waals surface area contributed by atoms with Crippen LogP contribution >= 0.6 is 22.9 Å². The zero-order valence-corrected chi connectivity index (χ0v) is 9.81. The van der Waals surface area contributed by atoms with Gasteiger partial charge in [-0.2, -0.15) is 5.10 Å². The molecule has 2 aromatic rings. The molecule has 0 aromatic carbocycles. The Hall–Kier alpha value is -1.40. The van der Waals surface area contributed by atoms with E-state index in [4.69, 9.17) is 11.6 Å². The highest BCUT2D eigenvalue weighted by Crippen LogP contribution is 2.20. The van der Waals surface area contributed by atoms with Gasteiger partial charge < -0.3 is 5.32 Å². The van der Waals surface area contributed by atoms with E-state index in [-0.39, 0.29) is 5.91 Å². The van der Waals surface area contributed by atoms with Crippen LogP contribution in [0.1, 0.15) is 15.5 Å². The van der Waals surface area contributed by atoms with E-state index in [1.165, 1.54) is 17.7 Å². The van der Waals surface area contributed by atoms with Crippen LogP contribution in [-0.2, 0) is 6.42 Å². The summed E-state index contributed by atoms with van der Waals surface area (Å²) in [7, 11) is 0. The van der Waals surface area contributed by atoms with E-state index in [0.717, 1.165) is 5.82 Å². The highest BCUT2D eigenvalue weighted by atomic mass is 35.5. The highest BCUT2D eigenvalue weighted by molar-refractivity contribution is 7.17. The van der Waals surface area contributed by atoms with E-state index in [1.807, 2.05) is 0 Å². The maximum atomic E-state index is 11.6. The Balaban J connectivity index is 1.80. The topological polar surface area (TPSA) is 70.7 Å². The van der Waals surface area contributed by atoms with Crippen LogP contribution in [0, 0.1) is 0 Å². The highest BCUT2D eigenvalue weighted by Gasteiger charge is 2.07. The number of nitrogens with zero attached hydrogens (tertiary/aromatic N) is 2. The molecule has 0 fully saturated rings. The maximum Gasteiger partial charge on any atom is 0.261 e. The van der Waals surface area contributed by atoms with Crippen LogP contribution in [0.3, 0.4) is 0 Å². The van der Waals surface area contributed by atoms with E-state index >= 15 is 0 Å². The molecule has 0 aliphatic rings. The van der Waals surface area contributed by atoms with Crippen molar-refractivity contribution in [3.05, 3.63) is 33.5 Å². The molecule has 0 saturated carbocycles. The molecule has 2 rings (SSSR count). The van der Waals surface area contributed by atoms with Crippen LogP contribution in [-0.4, -0.2) is 27.6 Å². The summed E-state index contributed by atoms with van der Waals surface area (Å²) >= 11 is 7.00. The van der Waals surface area contributed by atoms with Gasteiger partial charge in [0.05, 0.1) is 9.21 Å². The molecule has 2 N–H and O–H groups in total. The van der Waals surface area contributed by atoms with Gasteiger partial charge in [0.2, 0.25) is 0 Å². The van der Waals surface area contributed by atoms with Crippen molar-refractivity contribution in [2.45, 2.75) is 6.42 Å². The second-order valence-corrected chi connectivity index (χ2v) is 4.76. The first-order valence-corrected chi connectivity index (χ1v) is 5.83. The lowest BCUT2D eigenvalue weighted by Crippen LogP contribution is -2.25. The number of aromatic amines is 1. The SMILES string of the molecule is O=C(NCCc1ncn[nH]1)c1ccc(Cl)s1. The van der Waals surface area contributed by atoms with Crippen molar-refractivity contribution >= 4 is 28.8 Å². The molecule has 16 heavy (non-hydrogen) atoms. The Morgan fingerprint density at radius 1 is 1.56 bits per heavy atom. The summed E-state index contributed by atoms with van der Waals surface area (Å²) in [5.74, 6) is 0.640. The van der Waals surface area contributed by atoms with Crippen molar-refractivity contribution < 1.29 is 4.79 Å². The second-order valence-electron chi connectivity index (χ2n) is 3.04. The van der Waals surface area contributed by atoms with Crippen LogP contribution in [0.2, 0.25) is 4.34 Å². The molecule has 5 nitrogen and oxygen atoms in total. The predicted molar refractivity (Wildman–Crippen MR) is 61.7 cm³/mol. The molecular weight excluding hydrogens is 248 g/mol.